The smallest absolute Gasteiger partial charge is 0.317 e. The first-order valence-electron chi connectivity index (χ1n) is 8.46. The maximum absolute atomic E-state index is 12.9. The van der Waals surface area contributed by atoms with Crippen LogP contribution in [0.25, 0.3) is 11.5 Å². The second-order valence-electron chi connectivity index (χ2n) is 6.40. The Morgan fingerprint density at radius 3 is 2.69 bits per heavy atom. The molecule has 0 amide bonds. The summed E-state index contributed by atoms with van der Waals surface area (Å²) in [5.41, 5.74) is 1.22. The van der Waals surface area contributed by atoms with Crippen LogP contribution in [0.1, 0.15) is 37.1 Å². The molecule has 0 aliphatic heterocycles. The van der Waals surface area contributed by atoms with E-state index < -0.39 is 5.41 Å². The summed E-state index contributed by atoms with van der Waals surface area (Å²) in [6.07, 6.45) is 3.56. The van der Waals surface area contributed by atoms with Crippen molar-refractivity contribution in [2.75, 3.05) is 0 Å². The molecule has 3 aromatic rings. The minimum atomic E-state index is -0.607. The fourth-order valence-electron chi connectivity index (χ4n) is 3.44. The standard InChI is InChI=1S/C19H17ClN2O3S/c20-15-5-3-14(4-6-15)19(8-1-2-9-19)18(23)24-11-16-21-17(25-22-16)13-7-10-26-12-13/h3-7,10,12H,1-2,8-9,11H2. The molecule has 0 bridgehead atoms. The third-order valence-corrected chi connectivity index (χ3v) is 5.75. The molecule has 0 saturated heterocycles. The van der Waals surface area contributed by atoms with Crippen LogP contribution in [-0.2, 0) is 21.6 Å². The third-order valence-electron chi connectivity index (χ3n) is 4.81. The average Bonchev–Trinajstić information content (AvgIpc) is 3.41. The number of halogens is 1. The molecule has 2 heterocycles. The Balaban J connectivity index is 1.48. The van der Waals surface area contributed by atoms with E-state index in [-0.39, 0.29) is 12.6 Å². The molecule has 1 aromatic carbocycles. The number of carbonyl (C=O) groups excluding carboxylic acids is 1. The lowest BCUT2D eigenvalue weighted by Gasteiger charge is -2.27. The molecule has 0 N–H and O–H groups in total. The fraction of sp³-hybridized carbons (Fsp3) is 0.316. The van der Waals surface area contributed by atoms with Crippen LogP contribution in [0.15, 0.2) is 45.6 Å². The molecule has 7 heteroatoms. The van der Waals surface area contributed by atoms with Gasteiger partial charge >= 0.3 is 5.97 Å². The van der Waals surface area contributed by atoms with Gasteiger partial charge in [-0.3, -0.25) is 4.79 Å². The maximum Gasteiger partial charge on any atom is 0.317 e. The molecule has 4 rings (SSSR count). The number of benzene rings is 1. The van der Waals surface area contributed by atoms with Gasteiger partial charge in [-0.05, 0) is 42.0 Å². The van der Waals surface area contributed by atoms with Gasteiger partial charge in [0.2, 0.25) is 5.82 Å². The zero-order chi connectivity index (χ0) is 18.0. The van der Waals surface area contributed by atoms with Crippen molar-refractivity contribution in [1.82, 2.24) is 10.1 Å². The molecule has 5 nitrogen and oxygen atoms in total. The van der Waals surface area contributed by atoms with Gasteiger partial charge in [-0.1, -0.05) is 41.7 Å². The van der Waals surface area contributed by atoms with E-state index >= 15 is 0 Å². The van der Waals surface area contributed by atoms with Crippen LogP contribution < -0.4 is 0 Å². The Morgan fingerprint density at radius 1 is 1.23 bits per heavy atom. The molecule has 1 fully saturated rings. The van der Waals surface area contributed by atoms with Crippen molar-refractivity contribution in [2.45, 2.75) is 37.7 Å². The lowest BCUT2D eigenvalue weighted by Crippen LogP contribution is -2.34. The summed E-state index contributed by atoms with van der Waals surface area (Å²) >= 11 is 7.54. The van der Waals surface area contributed by atoms with Gasteiger partial charge in [0.1, 0.15) is 0 Å². The van der Waals surface area contributed by atoms with Gasteiger partial charge in [0, 0.05) is 10.4 Å². The fourth-order valence-corrected chi connectivity index (χ4v) is 4.20. The number of hydrogen-bond donors (Lipinski definition) is 0. The molecule has 0 unspecified atom stereocenters. The van der Waals surface area contributed by atoms with Crippen molar-refractivity contribution in [2.24, 2.45) is 0 Å². The number of ether oxygens (including phenoxy) is 1. The van der Waals surface area contributed by atoms with Crippen molar-refractivity contribution < 1.29 is 14.1 Å². The van der Waals surface area contributed by atoms with Crippen molar-refractivity contribution in [3.8, 4) is 11.5 Å². The van der Waals surface area contributed by atoms with Crippen LogP contribution in [0.4, 0.5) is 0 Å². The summed E-state index contributed by atoms with van der Waals surface area (Å²) in [5, 5.41) is 8.42. The van der Waals surface area contributed by atoms with E-state index in [0.29, 0.717) is 16.7 Å². The molecule has 26 heavy (non-hydrogen) atoms. The number of thiophene rings is 1. The Labute approximate surface area is 159 Å². The summed E-state index contributed by atoms with van der Waals surface area (Å²) < 4.78 is 10.8. The average molecular weight is 389 g/mol. The highest BCUT2D eigenvalue weighted by molar-refractivity contribution is 7.08. The Bertz CT molecular complexity index is 884. The summed E-state index contributed by atoms with van der Waals surface area (Å²) in [7, 11) is 0. The van der Waals surface area contributed by atoms with Crippen LogP contribution in [0, 0.1) is 0 Å². The first-order valence-corrected chi connectivity index (χ1v) is 9.78. The van der Waals surface area contributed by atoms with Crippen LogP contribution >= 0.6 is 22.9 Å². The van der Waals surface area contributed by atoms with E-state index in [2.05, 4.69) is 10.1 Å². The highest BCUT2D eigenvalue weighted by Crippen LogP contribution is 2.42. The van der Waals surface area contributed by atoms with E-state index in [9.17, 15) is 4.79 Å². The molecule has 0 atom stereocenters. The predicted octanol–water partition coefficient (Wildman–Crippen LogP) is 5.01. The molecule has 2 aromatic heterocycles. The zero-order valence-corrected chi connectivity index (χ0v) is 15.6. The van der Waals surface area contributed by atoms with Crippen LogP contribution in [0.2, 0.25) is 5.02 Å². The first-order chi connectivity index (χ1) is 12.7. The van der Waals surface area contributed by atoms with E-state index in [1.807, 2.05) is 41.1 Å². The zero-order valence-electron chi connectivity index (χ0n) is 14.0. The normalized spacial score (nSPS) is 15.9. The summed E-state index contributed by atoms with van der Waals surface area (Å²) in [5.74, 6) is 0.564. The number of hydrogen-bond acceptors (Lipinski definition) is 6. The highest BCUT2D eigenvalue weighted by Gasteiger charge is 2.44. The van der Waals surface area contributed by atoms with Crippen LogP contribution in [-0.4, -0.2) is 16.1 Å². The highest BCUT2D eigenvalue weighted by atomic mass is 35.5. The van der Waals surface area contributed by atoms with Crippen LogP contribution in [0.5, 0.6) is 0 Å². The number of esters is 1. The maximum atomic E-state index is 12.9. The summed E-state index contributed by atoms with van der Waals surface area (Å²) in [6, 6.07) is 9.37. The van der Waals surface area contributed by atoms with Gasteiger partial charge in [-0.2, -0.15) is 16.3 Å². The molecule has 1 aliphatic rings. The number of aromatic nitrogens is 2. The van der Waals surface area contributed by atoms with Crippen molar-refractivity contribution in [1.29, 1.82) is 0 Å². The van der Waals surface area contributed by atoms with Gasteiger partial charge < -0.3 is 9.26 Å². The third kappa shape index (κ3) is 3.27. The Kier molecular flexibility index (Phi) is 4.78. The van der Waals surface area contributed by atoms with Gasteiger partial charge in [-0.25, -0.2) is 0 Å². The van der Waals surface area contributed by atoms with Crippen LogP contribution in [0.3, 0.4) is 0 Å². The van der Waals surface area contributed by atoms with Crippen molar-refractivity contribution >= 4 is 28.9 Å². The van der Waals surface area contributed by atoms with Crippen molar-refractivity contribution in [3.63, 3.8) is 0 Å². The van der Waals surface area contributed by atoms with E-state index in [4.69, 9.17) is 20.9 Å². The first kappa shape index (κ1) is 17.2. The Hall–Kier alpha value is -2.18. The molecule has 134 valence electrons. The molecule has 0 spiro atoms. The predicted molar refractivity (Wildman–Crippen MR) is 99.0 cm³/mol. The van der Waals surface area contributed by atoms with Gasteiger partial charge in [0.05, 0.1) is 11.0 Å². The molecular weight excluding hydrogens is 372 g/mol. The van der Waals surface area contributed by atoms with E-state index in [1.165, 1.54) is 0 Å². The monoisotopic (exact) mass is 388 g/mol. The largest absolute Gasteiger partial charge is 0.457 e. The second-order valence-corrected chi connectivity index (χ2v) is 7.62. The second kappa shape index (κ2) is 7.21. The number of nitrogens with zero attached hydrogens (tertiary/aromatic N) is 2. The summed E-state index contributed by atoms with van der Waals surface area (Å²) in [4.78, 5) is 17.2. The van der Waals surface area contributed by atoms with Gasteiger partial charge in [-0.15, -0.1) is 0 Å². The summed E-state index contributed by atoms with van der Waals surface area (Å²) in [6.45, 7) is 0.00180. The number of carbonyl (C=O) groups is 1. The molecular formula is C19H17ClN2O3S. The molecule has 1 saturated carbocycles. The SMILES string of the molecule is O=C(OCc1noc(-c2ccsc2)n1)C1(c2ccc(Cl)cc2)CCCC1. The van der Waals surface area contributed by atoms with Gasteiger partial charge in [0.15, 0.2) is 6.61 Å². The lowest BCUT2D eigenvalue weighted by molar-refractivity contribution is -0.152. The van der Waals surface area contributed by atoms with Crippen molar-refractivity contribution in [3.05, 3.63) is 57.5 Å². The minimum Gasteiger partial charge on any atom is -0.457 e. The Morgan fingerprint density at radius 2 is 2.00 bits per heavy atom. The quantitative estimate of drug-likeness (QED) is 0.575. The van der Waals surface area contributed by atoms with E-state index in [1.54, 1.807) is 11.3 Å². The minimum absolute atomic E-state index is 0.00180. The van der Waals surface area contributed by atoms with E-state index in [0.717, 1.165) is 36.8 Å². The van der Waals surface area contributed by atoms with Gasteiger partial charge in [0.25, 0.3) is 5.89 Å². The topological polar surface area (TPSA) is 65.2 Å². The molecule has 1 aliphatic carbocycles. The lowest BCUT2D eigenvalue weighted by atomic mass is 9.79. The molecule has 0 radical (unpaired) electrons. The number of rotatable bonds is 5.